The number of hydrogen-bond donors (Lipinski definition) is 3. The molecule has 1 fully saturated rings. The van der Waals surface area contributed by atoms with Gasteiger partial charge in [-0.25, -0.2) is 9.97 Å². The minimum atomic E-state index is -0.314. The van der Waals surface area contributed by atoms with Crippen molar-refractivity contribution >= 4 is 29.0 Å². The molecule has 0 radical (unpaired) electrons. The number of nitrogens with zero attached hydrogens (tertiary/aromatic N) is 5. The molecule has 1 aromatic carbocycles. The number of pyridine rings is 1. The van der Waals surface area contributed by atoms with Crippen molar-refractivity contribution in [3.8, 4) is 17.1 Å². The monoisotopic (exact) mass is 478 g/mol. The number of likely N-dealkylation sites (tertiary alicyclic amines) is 1. The number of anilines is 3. The van der Waals surface area contributed by atoms with Crippen LogP contribution in [0.25, 0.3) is 11.4 Å². The van der Waals surface area contributed by atoms with Crippen molar-refractivity contribution in [2.24, 2.45) is 13.0 Å². The number of carbonyl (C=O) groups excluding carboxylic acids is 2. The first-order chi connectivity index (χ1) is 16.9. The fourth-order valence-electron chi connectivity index (χ4n) is 4.06. The average Bonchev–Trinajstić information content (AvgIpc) is 3.26. The summed E-state index contributed by atoms with van der Waals surface area (Å²) < 4.78 is 7.28. The van der Waals surface area contributed by atoms with Gasteiger partial charge >= 0.3 is 0 Å². The van der Waals surface area contributed by atoms with Crippen LogP contribution < -0.4 is 20.7 Å². The standard InChI is InChI=1S/C24H30N8O3/c1-15-12-32(13-15)9-8-21(33)29-20-10-19(17(11-26-20)24(34)25-2)28-18-7-5-6-16(22(18)35-4)23-27-14-31(3)30-23/h5-7,10-11,14-15H,8-9,12-13H2,1-4H3,(H,25,34)(H2,26,28,29,33). The Morgan fingerprint density at radius 1 is 1.20 bits per heavy atom. The summed E-state index contributed by atoms with van der Waals surface area (Å²) in [6, 6.07) is 7.16. The number of aromatic nitrogens is 4. The summed E-state index contributed by atoms with van der Waals surface area (Å²) in [6.07, 6.45) is 3.42. The van der Waals surface area contributed by atoms with Gasteiger partial charge in [-0.05, 0) is 18.1 Å². The SMILES string of the molecule is CNC(=O)c1cnc(NC(=O)CCN2CC(C)C2)cc1Nc1cccc(-c2ncn(C)n2)c1OC. The van der Waals surface area contributed by atoms with Gasteiger partial charge in [0.15, 0.2) is 11.6 Å². The summed E-state index contributed by atoms with van der Waals surface area (Å²) in [5.41, 5.74) is 2.10. The molecule has 184 valence electrons. The number of para-hydroxylation sites is 1. The zero-order valence-electron chi connectivity index (χ0n) is 20.3. The smallest absolute Gasteiger partial charge is 0.254 e. The third-order valence-corrected chi connectivity index (χ3v) is 5.77. The van der Waals surface area contributed by atoms with E-state index in [2.05, 4.69) is 42.8 Å². The maximum atomic E-state index is 12.5. The Hall–Kier alpha value is -3.99. The molecule has 0 bridgehead atoms. The molecule has 1 aliphatic rings. The highest BCUT2D eigenvalue weighted by atomic mass is 16.5. The number of ether oxygens (including phenoxy) is 1. The van der Waals surface area contributed by atoms with Crippen molar-refractivity contribution in [2.45, 2.75) is 13.3 Å². The number of hydrogen-bond acceptors (Lipinski definition) is 8. The number of aryl methyl sites for hydroxylation is 1. The molecule has 3 N–H and O–H groups in total. The van der Waals surface area contributed by atoms with Crippen molar-refractivity contribution < 1.29 is 14.3 Å². The fraction of sp³-hybridized carbons (Fsp3) is 0.375. The van der Waals surface area contributed by atoms with Crippen molar-refractivity contribution in [1.82, 2.24) is 30.0 Å². The topological polar surface area (TPSA) is 126 Å². The van der Waals surface area contributed by atoms with Crippen LogP contribution in [-0.2, 0) is 11.8 Å². The second-order valence-corrected chi connectivity index (χ2v) is 8.61. The van der Waals surface area contributed by atoms with E-state index in [1.54, 1.807) is 38.3 Å². The number of nitrogens with one attached hydrogen (secondary N) is 3. The third-order valence-electron chi connectivity index (χ3n) is 5.77. The van der Waals surface area contributed by atoms with Crippen LogP contribution in [0.5, 0.6) is 5.75 Å². The molecular weight excluding hydrogens is 448 g/mol. The Labute approximate surface area is 203 Å². The van der Waals surface area contributed by atoms with Gasteiger partial charge in [0.1, 0.15) is 12.1 Å². The van der Waals surface area contributed by atoms with Gasteiger partial charge in [-0.3, -0.25) is 14.3 Å². The van der Waals surface area contributed by atoms with E-state index in [1.807, 2.05) is 18.2 Å². The summed E-state index contributed by atoms with van der Waals surface area (Å²) >= 11 is 0. The van der Waals surface area contributed by atoms with Gasteiger partial charge < -0.3 is 25.6 Å². The van der Waals surface area contributed by atoms with Gasteiger partial charge in [-0.1, -0.05) is 13.0 Å². The Kier molecular flexibility index (Phi) is 7.25. The molecule has 0 saturated carbocycles. The largest absolute Gasteiger partial charge is 0.494 e. The highest BCUT2D eigenvalue weighted by Crippen LogP contribution is 2.37. The summed E-state index contributed by atoms with van der Waals surface area (Å²) in [4.78, 5) is 35.8. The number of amides is 2. The minimum absolute atomic E-state index is 0.128. The zero-order chi connectivity index (χ0) is 24.9. The number of carbonyl (C=O) groups is 2. The molecule has 4 rings (SSSR count). The second-order valence-electron chi connectivity index (χ2n) is 8.61. The number of benzene rings is 1. The van der Waals surface area contributed by atoms with Gasteiger partial charge in [0.05, 0.1) is 29.6 Å². The Bertz CT molecular complexity index is 1220. The van der Waals surface area contributed by atoms with E-state index in [1.165, 1.54) is 6.20 Å². The molecule has 2 amide bonds. The Morgan fingerprint density at radius 2 is 2.00 bits per heavy atom. The first-order valence-corrected chi connectivity index (χ1v) is 11.4. The molecule has 11 nitrogen and oxygen atoms in total. The van der Waals surface area contributed by atoms with Crippen LogP contribution in [0.4, 0.5) is 17.2 Å². The molecule has 1 aliphatic heterocycles. The van der Waals surface area contributed by atoms with E-state index in [0.29, 0.717) is 58.8 Å². The number of rotatable bonds is 9. The molecule has 1 saturated heterocycles. The van der Waals surface area contributed by atoms with Gasteiger partial charge in [0.2, 0.25) is 5.91 Å². The lowest BCUT2D eigenvalue weighted by Gasteiger charge is -2.36. The van der Waals surface area contributed by atoms with Crippen molar-refractivity contribution in [2.75, 3.05) is 44.4 Å². The van der Waals surface area contributed by atoms with Crippen LogP contribution >= 0.6 is 0 Å². The molecule has 0 aliphatic carbocycles. The van der Waals surface area contributed by atoms with Crippen molar-refractivity contribution in [3.05, 3.63) is 42.4 Å². The molecule has 0 unspecified atom stereocenters. The maximum absolute atomic E-state index is 12.5. The lowest BCUT2D eigenvalue weighted by atomic mass is 10.0. The first-order valence-electron chi connectivity index (χ1n) is 11.4. The second kappa shape index (κ2) is 10.5. The zero-order valence-corrected chi connectivity index (χ0v) is 20.3. The summed E-state index contributed by atoms with van der Waals surface area (Å²) in [6.45, 7) is 4.95. The third kappa shape index (κ3) is 5.57. The molecule has 2 aromatic heterocycles. The summed E-state index contributed by atoms with van der Waals surface area (Å²) in [7, 11) is 4.90. The molecule has 0 atom stereocenters. The molecule has 11 heteroatoms. The highest BCUT2D eigenvalue weighted by Gasteiger charge is 2.23. The normalized spacial score (nSPS) is 13.7. The first kappa shape index (κ1) is 24.1. The van der Waals surface area contributed by atoms with Gasteiger partial charge in [0, 0.05) is 52.4 Å². The lowest BCUT2D eigenvalue weighted by Crippen LogP contribution is -2.46. The van der Waals surface area contributed by atoms with E-state index >= 15 is 0 Å². The van der Waals surface area contributed by atoms with E-state index in [-0.39, 0.29) is 11.8 Å². The molecule has 3 heterocycles. The van der Waals surface area contributed by atoms with E-state index in [4.69, 9.17) is 4.74 Å². The van der Waals surface area contributed by atoms with E-state index in [9.17, 15) is 9.59 Å². The van der Waals surface area contributed by atoms with Crippen LogP contribution in [0, 0.1) is 5.92 Å². The van der Waals surface area contributed by atoms with Crippen LogP contribution in [0.3, 0.4) is 0 Å². The summed E-state index contributed by atoms with van der Waals surface area (Å²) in [5, 5.41) is 13.1. The Balaban J connectivity index is 1.58. The van der Waals surface area contributed by atoms with Gasteiger partial charge in [-0.2, -0.15) is 5.10 Å². The minimum Gasteiger partial charge on any atom is -0.494 e. The predicted octanol–water partition coefficient (Wildman–Crippen LogP) is 2.27. The molecule has 35 heavy (non-hydrogen) atoms. The Morgan fingerprint density at radius 3 is 2.66 bits per heavy atom. The van der Waals surface area contributed by atoms with Crippen LogP contribution in [0.15, 0.2) is 36.8 Å². The fourth-order valence-corrected chi connectivity index (χ4v) is 4.06. The van der Waals surface area contributed by atoms with E-state index in [0.717, 1.165) is 13.1 Å². The highest BCUT2D eigenvalue weighted by molar-refractivity contribution is 6.01. The average molecular weight is 479 g/mol. The summed E-state index contributed by atoms with van der Waals surface area (Å²) in [5.74, 6) is 1.63. The van der Waals surface area contributed by atoms with Crippen LogP contribution in [-0.4, -0.2) is 70.3 Å². The quantitative estimate of drug-likeness (QED) is 0.428. The van der Waals surface area contributed by atoms with Crippen molar-refractivity contribution in [3.63, 3.8) is 0 Å². The van der Waals surface area contributed by atoms with E-state index < -0.39 is 0 Å². The van der Waals surface area contributed by atoms with Crippen LogP contribution in [0.1, 0.15) is 23.7 Å². The predicted molar refractivity (Wildman–Crippen MR) is 133 cm³/mol. The molecule has 0 spiro atoms. The van der Waals surface area contributed by atoms with Crippen molar-refractivity contribution in [1.29, 1.82) is 0 Å². The van der Waals surface area contributed by atoms with Crippen LogP contribution in [0.2, 0.25) is 0 Å². The van der Waals surface area contributed by atoms with Gasteiger partial charge in [-0.15, -0.1) is 0 Å². The molecular formula is C24H30N8O3. The maximum Gasteiger partial charge on any atom is 0.254 e. The lowest BCUT2D eigenvalue weighted by molar-refractivity contribution is -0.116. The van der Waals surface area contributed by atoms with Gasteiger partial charge in [0.25, 0.3) is 5.91 Å². The molecule has 3 aromatic rings. The number of methoxy groups -OCH3 is 1.